The molecule has 0 aromatic carbocycles. The van der Waals surface area contributed by atoms with Gasteiger partial charge < -0.3 is 10.3 Å². The fourth-order valence-electron chi connectivity index (χ4n) is 2.17. The van der Waals surface area contributed by atoms with Crippen LogP contribution in [0, 0.1) is 0 Å². The van der Waals surface area contributed by atoms with E-state index >= 15 is 0 Å². The zero-order valence-electron chi connectivity index (χ0n) is 11.3. The van der Waals surface area contributed by atoms with Crippen molar-refractivity contribution in [3.05, 3.63) is 48.9 Å². The number of imidazole rings is 1. The quantitative estimate of drug-likeness (QED) is 0.778. The van der Waals surface area contributed by atoms with Gasteiger partial charge in [0.15, 0.2) is 0 Å². The van der Waals surface area contributed by atoms with Gasteiger partial charge in [0.2, 0.25) is 0 Å². The van der Waals surface area contributed by atoms with Gasteiger partial charge >= 0.3 is 0 Å². The van der Waals surface area contributed by atoms with Crippen molar-refractivity contribution in [3.63, 3.8) is 0 Å². The number of anilines is 1. The van der Waals surface area contributed by atoms with Gasteiger partial charge in [-0.2, -0.15) is 5.10 Å². The number of nitrogens with two attached hydrogens (primary N) is 1. The highest BCUT2D eigenvalue weighted by Gasteiger charge is 2.09. The Labute approximate surface area is 116 Å². The van der Waals surface area contributed by atoms with E-state index in [1.54, 1.807) is 18.5 Å². The minimum atomic E-state index is 0.708. The molecule has 0 amide bonds. The zero-order chi connectivity index (χ0) is 13.9. The standard InChI is InChI=1S/C14H16N6/c1-19-6-3-11(18-19)4-7-20-10-17-9-14(20)12-8-16-5-2-13(12)15/h2-3,5-6,8-10H,4,7H2,1H3,(H2,15,16). The van der Waals surface area contributed by atoms with Crippen LogP contribution in [0.15, 0.2) is 43.2 Å². The minimum absolute atomic E-state index is 0.708. The Morgan fingerprint density at radius 3 is 2.85 bits per heavy atom. The molecule has 0 saturated carbocycles. The first-order valence-electron chi connectivity index (χ1n) is 6.42. The van der Waals surface area contributed by atoms with Crippen molar-refractivity contribution in [2.75, 3.05) is 5.73 Å². The molecule has 0 bridgehead atoms. The summed E-state index contributed by atoms with van der Waals surface area (Å²) in [4.78, 5) is 8.34. The highest BCUT2D eigenvalue weighted by atomic mass is 15.2. The highest BCUT2D eigenvalue weighted by Crippen LogP contribution is 2.24. The van der Waals surface area contributed by atoms with E-state index in [-0.39, 0.29) is 0 Å². The molecule has 0 radical (unpaired) electrons. The van der Waals surface area contributed by atoms with Gasteiger partial charge in [0.25, 0.3) is 0 Å². The Kier molecular flexibility index (Phi) is 3.20. The lowest BCUT2D eigenvalue weighted by atomic mass is 10.2. The molecule has 0 unspecified atom stereocenters. The van der Waals surface area contributed by atoms with Crippen molar-refractivity contribution in [1.82, 2.24) is 24.3 Å². The fraction of sp³-hybridized carbons (Fsp3) is 0.214. The van der Waals surface area contributed by atoms with E-state index in [0.29, 0.717) is 5.69 Å². The molecule has 0 spiro atoms. The second kappa shape index (κ2) is 5.16. The van der Waals surface area contributed by atoms with E-state index < -0.39 is 0 Å². The first kappa shape index (κ1) is 12.4. The van der Waals surface area contributed by atoms with Crippen LogP contribution < -0.4 is 5.73 Å². The molecule has 20 heavy (non-hydrogen) atoms. The van der Waals surface area contributed by atoms with Crippen molar-refractivity contribution in [1.29, 1.82) is 0 Å². The van der Waals surface area contributed by atoms with Gasteiger partial charge in [-0.25, -0.2) is 4.98 Å². The Hall–Kier alpha value is -2.63. The lowest BCUT2D eigenvalue weighted by molar-refractivity contribution is 0.668. The first-order valence-corrected chi connectivity index (χ1v) is 6.42. The molecule has 3 aromatic heterocycles. The van der Waals surface area contributed by atoms with E-state index in [9.17, 15) is 0 Å². The van der Waals surface area contributed by atoms with Crippen molar-refractivity contribution in [2.24, 2.45) is 7.05 Å². The summed E-state index contributed by atoms with van der Waals surface area (Å²) < 4.78 is 3.88. The molecule has 6 heteroatoms. The molecule has 0 aliphatic carbocycles. The van der Waals surface area contributed by atoms with Crippen LogP contribution in [0.3, 0.4) is 0 Å². The predicted octanol–water partition coefficient (Wildman–Crippen LogP) is 1.50. The molecule has 0 aliphatic heterocycles. The van der Waals surface area contributed by atoms with Crippen molar-refractivity contribution < 1.29 is 0 Å². The monoisotopic (exact) mass is 268 g/mol. The minimum Gasteiger partial charge on any atom is -0.398 e. The molecular weight excluding hydrogens is 252 g/mol. The second-order valence-electron chi connectivity index (χ2n) is 4.67. The number of aromatic nitrogens is 5. The van der Waals surface area contributed by atoms with Crippen LogP contribution >= 0.6 is 0 Å². The average Bonchev–Trinajstić information content (AvgIpc) is 3.06. The molecular formula is C14H16N6. The van der Waals surface area contributed by atoms with Crippen LogP contribution in [-0.2, 0) is 20.0 Å². The summed E-state index contributed by atoms with van der Waals surface area (Å²) in [6, 6.07) is 3.82. The maximum Gasteiger partial charge on any atom is 0.0951 e. The summed E-state index contributed by atoms with van der Waals surface area (Å²) in [5, 5.41) is 4.38. The number of aryl methyl sites for hydroxylation is 3. The maximum atomic E-state index is 5.99. The lowest BCUT2D eigenvalue weighted by Gasteiger charge is -2.08. The van der Waals surface area contributed by atoms with E-state index in [1.165, 1.54) is 0 Å². The zero-order valence-corrected chi connectivity index (χ0v) is 11.3. The van der Waals surface area contributed by atoms with Crippen LogP contribution in [0.1, 0.15) is 5.69 Å². The van der Waals surface area contributed by atoms with Crippen LogP contribution in [0.25, 0.3) is 11.3 Å². The molecule has 0 atom stereocenters. The SMILES string of the molecule is Cn1ccc(CCn2cncc2-c2cnccc2N)n1. The van der Waals surface area contributed by atoms with Gasteiger partial charge in [-0.1, -0.05) is 0 Å². The van der Waals surface area contributed by atoms with E-state index in [2.05, 4.69) is 19.6 Å². The molecule has 3 aromatic rings. The summed E-state index contributed by atoms with van der Waals surface area (Å²) >= 11 is 0. The molecule has 3 rings (SSSR count). The normalized spacial score (nSPS) is 10.8. The smallest absolute Gasteiger partial charge is 0.0951 e. The molecule has 6 nitrogen and oxygen atoms in total. The molecule has 2 N–H and O–H groups in total. The Balaban J connectivity index is 1.82. The third kappa shape index (κ3) is 2.40. The number of rotatable bonds is 4. The topological polar surface area (TPSA) is 74.5 Å². The Morgan fingerprint density at radius 1 is 1.20 bits per heavy atom. The molecule has 0 saturated heterocycles. The van der Waals surface area contributed by atoms with Gasteiger partial charge in [0, 0.05) is 49.9 Å². The number of hydrogen-bond acceptors (Lipinski definition) is 4. The number of nitrogen functional groups attached to an aromatic ring is 1. The average molecular weight is 268 g/mol. The largest absolute Gasteiger partial charge is 0.398 e. The van der Waals surface area contributed by atoms with Crippen molar-refractivity contribution in [2.45, 2.75) is 13.0 Å². The summed E-state index contributed by atoms with van der Waals surface area (Å²) in [5.41, 5.74) is 9.65. The molecule has 0 aliphatic rings. The van der Waals surface area contributed by atoms with Gasteiger partial charge in [-0.3, -0.25) is 9.67 Å². The third-order valence-corrected chi connectivity index (χ3v) is 3.22. The van der Waals surface area contributed by atoms with Crippen molar-refractivity contribution >= 4 is 5.69 Å². The highest BCUT2D eigenvalue weighted by molar-refractivity contribution is 5.72. The predicted molar refractivity (Wildman–Crippen MR) is 76.8 cm³/mol. The first-order chi connectivity index (χ1) is 9.74. The summed E-state index contributed by atoms with van der Waals surface area (Å²) in [6.07, 6.45) is 9.88. The molecule has 3 heterocycles. The van der Waals surface area contributed by atoms with Gasteiger partial charge in [-0.15, -0.1) is 0 Å². The third-order valence-electron chi connectivity index (χ3n) is 3.22. The summed E-state index contributed by atoms with van der Waals surface area (Å²) in [7, 11) is 1.92. The van der Waals surface area contributed by atoms with Crippen molar-refractivity contribution in [3.8, 4) is 11.3 Å². The van der Waals surface area contributed by atoms with Crippen LogP contribution in [0.2, 0.25) is 0 Å². The summed E-state index contributed by atoms with van der Waals surface area (Å²) in [6.45, 7) is 0.806. The molecule has 0 fully saturated rings. The van der Waals surface area contributed by atoms with Crippen LogP contribution in [0.5, 0.6) is 0 Å². The number of pyridine rings is 1. The number of hydrogen-bond donors (Lipinski definition) is 1. The Morgan fingerprint density at radius 2 is 2.10 bits per heavy atom. The van der Waals surface area contributed by atoms with E-state index in [0.717, 1.165) is 29.9 Å². The second-order valence-corrected chi connectivity index (χ2v) is 4.67. The Bertz CT molecular complexity index is 712. The fourth-order valence-corrected chi connectivity index (χ4v) is 2.17. The maximum absolute atomic E-state index is 5.99. The van der Waals surface area contributed by atoms with Crippen LogP contribution in [0.4, 0.5) is 5.69 Å². The lowest BCUT2D eigenvalue weighted by Crippen LogP contribution is -2.04. The van der Waals surface area contributed by atoms with E-state index in [1.807, 2.05) is 36.5 Å². The number of nitrogens with zero attached hydrogens (tertiary/aromatic N) is 5. The molecule has 102 valence electrons. The van der Waals surface area contributed by atoms with Crippen LogP contribution in [-0.4, -0.2) is 24.3 Å². The summed E-state index contributed by atoms with van der Waals surface area (Å²) in [5.74, 6) is 0. The van der Waals surface area contributed by atoms with E-state index in [4.69, 9.17) is 5.73 Å². The van der Waals surface area contributed by atoms with Gasteiger partial charge in [0.1, 0.15) is 0 Å². The van der Waals surface area contributed by atoms with Gasteiger partial charge in [0.05, 0.1) is 23.9 Å². The van der Waals surface area contributed by atoms with Gasteiger partial charge in [-0.05, 0) is 12.1 Å².